The highest BCUT2D eigenvalue weighted by molar-refractivity contribution is 7.18. The first-order valence-corrected chi connectivity index (χ1v) is 12.9. The topological polar surface area (TPSA) is 69.1 Å². The summed E-state index contributed by atoms with van der Waals surface area (Å²) < 4.78 is 6.96. The Hall–Kier alpha value is -2.23. The lowest BCUT2D eigenvalue weighted by atomic mass is 10.1. The Kier molecular flexibility index (Phi) is 7.04. The van der Waals surface area contributed by atoms with Crippen molar-refractivity contribution >= 4 is 44.7 Å². The first-order chi connectivity index (χ1) is 16.5. The van der Waals surface area contributed by atoms with Gasteiger partial charge >= 0.3 is 0 Å². The molecule has 0 aliphatic carbocycles. The number of hydrogen-bond donors (Lipinski definition) is 1. The fourth-order valence-electron chi connectivity index (χ4n) is 4.79. The van der Waals surface area contributed by atoms with E-state index < -0.39 is 6.10 Å². The van der Waals surface area contributed by atoms with E-state index in [1.54, 1.807) is 11.3 Å². The number of rotatable bonds is 7. The number of nitrogens with zero attached hydrogens (tertiary/aromatic N) is 4. The molecule has 3 aromatic rings. The van der Waals surface area contributed by atoms with Gasteiger partial charge in [-0.15, -0.1) is 11.3 Å². The van der Waals surface area contributed by atoms with Crippen LogP contribution in [0.3, 0.4) is 0 Å². The Labute approximate surface area is 208 Å². The lowest BCUT2D eigenvalue weighted by Crippen LogP contribution is -2.54. The van der Waals surface area contributed by atoms with Gasteiger partial charge in [0.15, 0.2) is 0 Å². The third-order valence-electron chi connectivity index (χ3n) is 6.54. The molecule has 2 aromatic carbocycles. The quantitative estimate of drug-likeness (QED) is 0.536. The van der Waals surface area contributed by atoms with Crippen molar-refractivity contribution < 1.29 is 14.6 Å². The highest BCUT2D eigenvalue weighted by Gasteiger charge is 2.37. The van der Waals surface area contributed by atoms with E-state index in [9.17, 15) is 9.90 Å². The number of ether oxygens (including phenoxy) is 1. The van der Waals surface area contributed by atoms with Crippen LogP contribution in [0.25, 0.3) is 10.2 Å². The first-order valence-electron chi connectivity index (χ1n) is 11.7. The van der Waals surface area contributed by atoms with Gasteiger partial charge in [-0.25, -0.2) is 4.98 Å². The number of aliphatic hydroxyl groups is 1. The fourth-order valence-corrected chi connectivity index (χ4v) is 5.73. The number of halogens is 1. The lowest BCUT2D eigenvalue weighted by Gasteiger charge is -2.37. The van der Waals surface area contributed by atoms with Crippen LogP contribution in [0.4, 0.5) is 5.69 Å². The number of thiazole rings is 1. The van der Waals surface area contributed by atoms with E-state index in [0.717, 1.165) is 65.8 Å². The summed E-state index contributed by atoms with van der Waals surface area (Å²) in [6, 6.07) is 13.2. The van der Waals surface area contributed by atoms with Gasteiger partial charge < -0.3 is 14.7 Å². The van der Waals surface area contributed by atoms with Crippen molar-refractivity contribution in [3.63, 3.8) is 0 Å². The number of fused-ring (bicyclic) bond motifs is 1. The van der Waals surface area contributed by atoms with E-state index in [1.165, 1.54) is 0 Å². The zero-order valence-corrected chi connectivity index (χ0v) is 20.8. The number of carbonyl (C=O) groups is 1. The summed E-state index contributed by atoms with van der Waals surface area (Å²) in [5.41, 5.74) is 1.84. The normalized spacial score (nSPS) is 20.9. The summed E-state index contributed by atoms with van der Waals surface area (Å²) in [7, 11) is 0. The second kappa shape index (κ2) is 10.2. The summed E-state index contributed by atoms with van der Waals surface area (Å²) in [6.07, 6.45) is 0.258. The third-order valence-corrected chi connectivity index (χ3v) is 7.74. The van der Waals surface area contributed by atoms with Crippen LogP contribution < -0.4 is 9.64 Å². The standard InChI is InChI=1S/C25H29ClN4O3S/c1-17-27-22-14-21(6-7-24(22)34-17)33-16-20(31)15-28-10-12-29(13-11-28)23-8-9-30(25(23)32)19-4-2-18(26)3-5-19/h2-7,14,20,23,31H,8-13,15-16H2,1H3/t20?,23-/m1/s1. The predicted molar refractivity (Wildman–Crippen MR) is 136 cm³/mol. The van der Waals surface area contributed by atoms with Crippen molar-refractivity contribution in [1.29, 1.82) is 0 Å². The van der Waals surface area contributed by atoms with Crippen LogP contribution in [0.2, 0.25) is 5.02 Å². The number of aromatic nitrogens is 1. The zero-order chi connectivity index (χ0) is 23.7. The van der Waals surface area contributed by atoms with Crippen molar-refractivity contribution in [3.05, 3.63) is 52.5 Å². The molecular weight excluding hydrogens is 472 g/mol. The van der Waals surface area contributed by atoms with Crippen molar-refractivity contribution in [2.45, 2.75) is 25.5 Å². The van der Waals surface area contributed by atoms with Gasteiger partial charge in [0.05, 0.1) is 21.3 Å². The van der Waals surface area contributed by atoms with E-state index in [0.29, 0.717) is 11.6 Å². The minimum atomic E-state index is -0.576. The van der Waals surface area contributed by atoms with Crippen LogP contribution in [0.5, 0.6) is 5.75 Å². The fraction of sp³-hybridized carbons (Fsp3) is 0.440. The second-order valence-electron chi connectivity index (χ2n) is 8.93. The minimum absolute atomic E-state index is 0.0737. The molecule has 2 aliphatic heterocycles. The number of benzene rings is 2. The third kappa shape index (κ3) is 5.21. The molecule has 3 heterocycles. The number of β-amino-alcohol motifs (C(OH)–C–C–N with tert-alkyl or cyclic N) is 1. The molecule has 2 aliphatic rings. The maximum Gasteiger partial charge on any atom is 0.244 e. The van der Waals surface area contributed by atoms with Gasteiger partial charge in [0.25, 0.3) is 0 Å². The summed E-state index contributed by atoms with van der Waals surface area (Å²) in [5, 5.41) is 12.2. The smallest absolute Gasteiger partial charge is 0.244 e. The van der Waals surface area contributed by atoms with Crippen LogP contribution in [0.15, 0.2) is 42.5 Å². The highest BCUT2D eigenvalue weighted by atomic mass is 35.5. The van der Waals surface area contributed by atoms with Crippen molar-refractivity contribution in [3.8, 4) is 5.75 Å². The van der Waals surface area contributed by atoms with E-state index in [1.807, 2.05) is 54.3 Å². The molecule has 0 radical (unpaired) electrons. The van der Waals surface area contributed by atoms with Crippen molar-refractivity contribution in [2.75, 3.05) is 50.8 Å². The Morgan fingerprint density at radius 1 is 1.15 bits per heavy atom. The largest absolute Gasteiger partial charge is 0.491 e. The molecule has 1 N–H and O–H groups in total. The van der Waals surface area contributed by atoms with Crippen molar-refractivity contribution in [2.24, 2.45) is 0 Å². The van der Waals surface area contributed by atoms with Gasteiger partial charge in [-0.1, -0.05) is 11.6 Å². The number of anilines is 1. The van der Waals surface area contributed by atoms with Gasteiger partial charge in [0.1, 0.15) is 18.5 Å². The maximum atomic E-state index is 13.0. The molecule has 1 amide bonds. The Balaban J connectivity index is 1.07. The number of aryl methyl sites for hydroxylation is 1. The number of piperazine rings is 1. The van der Waals surface area contributed by atoms with E-state index >= 15 is 0 Å². The van der Waals surface area contributed by atoms with Crippen LogP contribution in [-0.2, 0) is 4.79 Å². The molecule has 1 unspecified atom stereocenters. The molecule has 2 saturated heterocycles. The number of carbonyl (C=O) groups excluding carboxylic acids is 1. The predicted octanol–water partition coefficient (Wildman–Crippen LogP) is 3.42. The molecule has 7 nitrogen and oxygen atoms in total. The molecule has 0 saturated carbocycles. The summed E-state index contributed by atoms with van der Waals surface area (Å²) in [4.78, 5) is 23.9. The molecule has 0 spiro atoms. The van der Waals surface area contributed by atoms with Gasteiger partial charge in [0.2, 0.25) is 5.91 Å². The molecule has 9 heteroatoms. The monoisotopic (exact) mass is 500 g/mol. The van der Waals surface area contributed by atoms with E-state index in [2.05, 4.69) is 14.8 Å². The summed E-state index contributed by atoms with van der Waals surface area (Å²) in [6.45, 7) is 6.81. The van der Waals surface area contributed by atoms with Crippen molar-refractivity contribution in [1.82, 2.24) is 14.8 Å². The second-order valence-corrected chi connectivity index (χ2v) is 10.6. The molecule has 2 fully saturated rings. The van der Waals surface area contributed by atoms with Gasteiger partial charge in [-0.3, -0.25) is 14.6 Å². The Bertz CT molecular complexity index is 1150. The molecule has 5 rings (SSSR count). The van der Waals surface area contributed by atoms with Gasteiger partial charge in [-0.05, 0) is 49.7 Å². The number of aliphatic hydroxyl groups excluding tert-OH is 1. The number of hydrogen-bond acceptors (Lipinski definition) is 7. The molecular formula is C25H29ClN4O3S. The average Bonchev–Trinajstić information content (AvgIpc) is 3.40. The molecule has 180 valence electrons. The lowest BCUT2D eigenvalue weighted by molar-refractivity contribution is -0.122. The molecule has 2 atom stereocenters. The van der Waals surface area contributed by atoms with Crippen LogP contribution in [0, 0.1) is 6.92 Å². The summed E-state index contributed by atoms with van der Waals surface area (Å²) in [5.74, 6) is 0.892. The van der Waals surface area contributed by atoms with Gasteiger partial charge in [0, 0.05) is 56.0 Å². The maximum absolute atomic E-state index is 13.0. The SMILES string of the molecule is Cc1nc2cc(OCC(O)CN3CCN([C@@H]4CCN(c5ccc(Cl)cc5)C4=O)CC3)ccc2s1. The van der Waals surface area contributed by atoms with Crippen LogP contribution in [0.1, 0.15) is 11.4 Å². The van der Waals surface area contributed by atoms with Crippen LogP contribution in [-0.4, -0.2) is 83.8 Å². The van der Waals surface area contributed by atoms with E-state index in [4.69, 9.17) is 16.3 Å². The minimum Gasteiger partial charge on any atom is -0.491 e. The van der Waals surface area contributed by atoms with Crippen LogP contribution >= 0.6 is 22.9 Å². The highest BCUT2D eigenvalue weighted by Crippen LogP contribution is 2.27. The van der Waals surface area contributed by atoms with Gasteiger partial charge in [-0.2, -0.15) is 0 Å². The summed E-state index contributed by atoms with van der Waals surface area (Å²) >= 11 is 7.65. The van der Waals surface area contributed by atoms with E-state index in [-0.39, 0.29) is 18.6 Å². The molecule has 1 aromatic heterocycles. The number of amides is 1. The Morgan fingerprint density at radius 2 is 1.91 bits per heavy atom. The first kappa shape index (κ1) is 23.5. The zero-order valence-electron chi connectivity index (χ0n) is 19.2. The molecule has 34 heavy (non-hydrogen) atoms. The Morgan fingerprint density at radius 3 is 2.68 bits per heavy atom. The average molecular weight is 501 g/mol. The molecule has 0 bridgehead atoms.